The van der Waals surface area contributed by atoms with Gasteiger partial charge in [-0.25, -0.2) is 4.39 Å². The Morgan fingerprint density at radius 2 is 2.05 bits per heavy atom. The predicted octanol–water partition coefficient (Wildman–Crippen LogP) is 2.80. The van der Waals surface area contributed by atoms with Crippen LogP contribution in [0.3, 0.4) is 0 Å². The lowest BCUT2D eigenvalue weighted by Crippen LogP contribution is -2.47. The molecule has 1 saturated heterocycles. The van der Waals surface area contributed by atoms with Crippen molar-refractivity contribution < 1.29 is 9.18 Å². The van der Waals surface area contributed by atoms with Gasteiger partial charge in [-0.15, -0.1) is 0 Å². The molecule has 0 atom stereocenters. The van der Waals surface area contributed by atoms with Crippen LogP contribution in [0.1, 0.15) is 32.3 Å². The van der Waals surface area contributed by atoms with E-state index in [0.717, 1.165) is 17.8 Å². The van der Waals surface area contributed by atoms with Crippen molar-refractivity contribution in [2.45, 2.75) is 38.9 Å². The molecule has 4 heteroatoms. The third kappa shape index (κ3) is 3.37. The zero-order valence-corrected chi connectivity index (χ0v) is 12.2. The van der Waals surface area contributed by atoms with Crippen LogP contribution in [0, 0.1) is 5.92 Å². The fourth-order valence-corrected chi connectivity index (χ4v) is 2.78. The normalized spacial score (nSPS) is 19.2. The molecular weight excluding hydrogens is 255 g/mol. The standard InChI is InChI=1S/C16H23FN2O/c1-12(2)15(20)16(17)6-8-19(9-7-16)11-13-4-3-5-14(18)10-13/h3-5,10,12H,6-9,11,18H2,1-2H3. The van der Waals surface area contributed by atoms with Gasteiger partial charge in [0.15, 0.2) is 11.5 Å². The molecule has 1 aliphatic heterocycles. The van der Waals surface area contributed by atoms with Gasteiger partial charge in [0.25, 0.3) is 0 Å². The molecule has 2 rings (SSSR count). The van der Waals surface area contributed by atoms with Crippen LogP contribution in [-0.2, 0) is 11.3 Å². The number of nitrogens with zero attached hydrogens (tertiary/aromatic N) is 1. The molecule has 3 nitrogen and oxygen atoms in total. The number of ketones is 1. The van der Waals surface area contributed by atoms with Gasteiger partial charge in [0.05, 0.1) is 0 Å². The van der Waals surface area contributed by atoms with Gasteiger partial charge >= 0.3 is 0 Å². The SMILES string of the molecule is CC(C)C(=O)C1(F)CCN(Cc2cccc(N)c2)CC1. The first-order valence-electron chi connectivity index (χ1n) is 7.21. The molecule has 1 aromatic rings. The van der Waals surface area contributed by atoms with Gasteiger partial charge in [0.1, 0.15) is 0 Å². The van der Waals surface area contributed by atoms with E-state index in [1.165, 1.54) is 0 Å². The van der Waals surface area contributed by atoms with Gasteiger partial charge in [-0.1, -0.05) is 26.0 Å². The second-order valence-electron chi connectivity index (χ2n) is 6.01. The summed E-state index contributed by atoms with van der Waals surface area (Å²) in [6, 6.07) is 7.74. The molecule has 1 aromatic carbocycles. The third-order valence-corrected chi connectivity index (χ3v) is 3.97. The van der Waals surface area contributed by atoms with E-state index >= 15 is 0 Å². The van der Waals surface area contributed by atoms with Gasteiger partial charge in [-0.05, 0) is 17.7 Å². The first-order chi connectivity index (χ1) is 9.40. The van der Waals surface area contributed by atoms with Gasteiger partial charge < -0.3 is 5.73 Å². The van der Waals surface area contributed by atoms with Gasteiger partial charge in [0, 0.05) is 44.1 Å². The number of hydrogen-bond acceptors (Lipinski definition) is 3. The second-order valence-corrected chi connectivity index (χ2v) is 6.01. The average Bonchev–Trinajstić information content (AvgIpc) is 2.41. The van der Waals surface area contributed by atoms with Crippen LogP contribution in [0.5, 0.6) is 0 Å². The number of carbonyl (C=O) groups excluding carboxylic acids is 1. The number of alkyl halides is 1. The average molecular weight is 278 g/mol. The predicted molar refractivity (Wildman–Crippen MR) is 79.0 cm³/mol. The summed E-state index contributed by atoms with van der Waals surface area (Å²) in [4.78, 5) is 14.1. The zero-order chi connectivity index (χ0) is 14.8. The zero-order valence-electron chi connectivity index (χ0n) is 12.2. The molecule has 0 radical (unpaired) electrons. The Morgan fingerprint density at radius 3 is 2.60 bits per heavy atom. The van der Waals surface area contributed by atoms with Crippen LogP contribution in [0.15, 0.2) is 24.3 Å². The summed E-state index contributed by atoms with van der Waals surface area (Å²) in [6.07, 6.45) is 0.596. The Bertz CT molecular complexity index is 479. The highest BCUT2D eigenvalue weighted by Crippen LogP contribution is 2.30. The third-order valence-electron chi connectivity index (χ3n) is 3.97. The molecular formula is C16H23FN2O. The Morgan fingerprint density at radius 1 is 1.40 bits per heavy atom. The topological polar surface area (TPSA) is 46.3 Å². The molecule has 1 heterocycles. The Balaban J connectivity index is 1.93. The fourth-order valence-electron chi connectivity index (χ4n) is 2.78. The lowest BCUT2D eigenvalue weighted by molar-refractivity contribution is -0.137. The quantitative estimate of drug-likeness (QED) is 0.861. The van der Waals surface area contributed by atoms with Crippen molar-refractivity contribution in [1.29, 1.82) is 0 Å². The molecule has 0 amide bonds. The number of Topliss-reactive ketones (excluding diaryl/α,β-unsaturated/α-hetero) is 1. The van der Waals surface area contributed by atoms with Gasteiger partial charge in [-0.2, -0.15) is 0 Å². The highest BCUT2D eigenvalue weighted by molar-refractivity contribution is 5.88. The van der Waals surface area contributed by atoms with Crippen molar-refractivity contribution in [2.24, 2.45) is 5.92 Å². The van der Waals surface area contributed by atoms with Crippen LogP contribution in [0.2, 0.25) is 0 Å². The van der Waals surface area contributed by atoms with Crippen LogP contribution < -0.4 is 5.73 Å². The number of nitrogen functional groups attached to an aromatic ring is 1. The smallest absolute Gasteiger partial charge is 0.172 e. The van der Waals surface area contributed by atoms with E-state index in [2.05, 4.69) is 4.90 Å². The number of rotatable bonds is 4. The summed E-state index contributed by atoms with van der Waals surface area (Å²) in [5.74, 6) is -0.485. The molecule has 110 valence electrons. The molecule has 0 bridgehead atoms. The van der Waals surface area contributed by atoms with E-state index < -0.39 is 5.67 Å². The number of benzene rings is 1. The summed E-state index contributed by atoms with van der Waals surface area (Å²) >= 11 is 0. The van der Waals surface area contributed by atoms with E-state index in [1.54, 1.807) is 13.8 Å². The highest BCUT2D eigenvalue weighted by Gasteiger charge is 2.42. The van der Waals surface area contributed by atoms with Crippen molar-refractivity contribution in [2.75, 3.05) is 18.8 Å². The van der Waals surface area contributed by atoms with Crippen molar-refractivity contribution in [3.05, 3.63) is 29.8 Å². The summed E-state index contributed by atoms with van der Waals surface area (Å²) in [7, 11) is 0. The maximum absolute atomic E-state index is 14.6. The summed E-state index contributed by atoms with van der Waals surface area (Å²) in [5, 5.41) is 0. The van der Waals surface area contributed by atoms with Crippen LogP contribution >= 0.6 is 0 Å². The maximum Gasteiger partial charge on any atom is 0.172 e. The number of likely N-dealkylation sites (tertiary alicyclic amines) is 1. The minimum Gasteiger partial charge on any atom is -0.399 e. The van der Waals surface area contributed by atoms with E-state index in [9.17, 15) is 9.18 Å². The van der Waals surface area contributed by atoms with Crippen molar-refractivity contribution in [3.8, 4) is 0 Å². The summed E-state index contributed by atoms with van der Waals surface area (Å²) in [5.41, 5.74) is 6.01. The fraction of sp³-hybridized carbons (Fsp3) is 0.562. The van der Waals surface area contributed by atoms with Gasteiger partial charge in [0.2, 0.25) is 0 Å². The number of hydrogen-bond donors (Lipinski definition) is 1. The number of halogens is 1. The van der Waals surface area contributed by atoms with E-state index in [4.69, 9.17) is 5.73 Å². The molecule has 0 unspecified atom stereocenters. The first-order valence-corrected chi connectivity index (χ1v) is 7.21. The van der Waals surface area contributed by atoms with E-state index in [0.29, 0.717) is 25.9 Å². The highest BCUT2D eigenvalue weighted by atomic mass is 19.1. The number of piperidine rings is 1. The monoisotopic (exact) mass is 278 g/mol. The van der Waals surface area contributed by atoms with Crippen LogP contribution in [-0.4, -0.2) is 29.4 Å². The molecule has 1 aliphatic rings. The summed E-state index contributed by atoms with van der Waals surface area (Å²) < 4.78 is 14.6. The Kier molecular flexibility index (Phi) is 4.43. The van der Waals surface area contributed by atoms with E-state index in [-0.39, 0.29) is 11.7 Å². The molecule has 0 saturated carbocycles. The van der Waals surface area contributed by atoms with Gasteiger partial charge in [-0.3, -0.25) is 9.69 Å². The molecule has 0 aromatic heterocycles. The minimum absolute atomic E-state index is 0.236. The van der Waals surface area contributed by atoms with Crippen LogP contribution in [0.25, 0.3) is 0 Å². The Labute approximate surface area is 120 Å². The number of nitrogens with two attached hydrogens (primary N) is 1. The van der Waals surface area contributed by atoms with Crippen molar-refractivity contribution in [3.63, 3.8) is 0 Å². The van der Waals surface area contributed by atoms with Crippen molar-refractivity contribution in [1.82, 2.24) is 4.90 Å². The molecule has 0 spiro atoms. The largest absolute Gasteiger partial charge is 0.399 e. The maximum atomic E-state index is 14.6. The lowest BCUT2D eigenvalue weighted by atomic mass is 9.84. The molecule has 2 N–H and O–H groups in total. The molecule has 1 fully saturated rings. The first kappa shape index (κ1) is 15.0. The lowest BCUT2D eigenvalue weighted by Gasteiger charge is -2.36. The summed E-state index contributed by atoms with van der Waals surface area (Å²) in [6.45, 7) is 5.52. The van der Waals surface area contributed by atoms with Crippen LogP contribution in [0.4, 0.5) is 10.1 Å². The second kappa shape index (κ2) is 5.92. The van der Waals surface area contributed by atoms with E-state index in [1.807, 2.05) is 24.3 Å². The number of carbonyl (C=O) groups is 1. The molecule has 20 heavy (non-hydrogen) atoms. The van der Waals surface area contributed by atoms with Crippen molar-refractivity contribution >= 4 is 11.5 Å². The Hall–Kier alpha value is -1.42. The minimum atomic E-state index is -1.62. The molecule has 0 aliphatic carbocycles. The number of anilines is 1.